The van der Waals surface area contributed by atoms with Crippen molar-refractivity contribution in [2.75, 3.05) is 13.1 Å². The maximum absolute atomic E-state index is 12.7. The van der Waals surface area contributed by atoms with E-state index in [1.807, 2.05) is 29.2 Å². The van der Waals surface area contributed by atoms with Crippen LogP contribution in [0.3, 0.4) is 0 Å². The van der Waals surface area contributed by atoms with Gasteiger partial charge in [0.1, 0.15) is 5.75 Å². The summed E-state index contributed by atoms with van der Waals surface area (Å²) in [4.78, 5) is 19.4. The number of likely N-dealkylation sites (tertiary alicyclic amines) is 1. The maximum Gasteiger partial charge on any atom is 0.263 e. The van der Waals surface area contributed by atoms with Crippen LogP contribution in [0.5, 0.6) is 5.75 Å². The summed E-state index contributed by atoms with van der Waals surface area (Å²) in [6.07, 6.45) is 1.32. The summed E-state index contributed by atoms with van der Waals surface area (Å²) in [6, 6.07) is 15.5. The minimum Gasteiger partial charge on any atom is -0.479 e. The summed E-state index contributed by atoms with van der Waals surface area (Å²) in [5.74, 6) is 0.980. The third-order valence-electron chi connectivity index (χ3n) is 4.95. The number of halogens is 1. The molecule has 3 aromatic rings. The van der Waals surface area contributed by atoms with Gasteiger partial charge in [-0.05, 0) is 44.0 Å². The number of rotatable bonds is 4. The Morgan fingerprint density at radius 2 is 1.89 bits per heavy atom. The number of nitrogens with zero attached hydrogens (tertiary/aromatic N) is 2. The molecule has 140 valence electrons. The highest BCUT2D eigenvalue weighted by atomic mass is 35.5. The fraction of sp³-hybridized carbons (Fsp3) is 0.333. The minimum absolute atomic E-state index is 0.0117. The number of aromatic nitrogens is 1. The monoisotopic (exact) mass is 400 g/mol. The van der Waals surface area contributed by atoms with E-state index in [0.29, 0.717) is 16.7 Å². The van der Waals surface area contributed by atoms with Crippen LogP contribution in [0.4, 0.5) is 0 Å². The van der Waals surface area contributed by atoms with Gasteiger partial charge in [0, 0.05) is 19.0 Å². The van der Waals surface area contributed by atoms with Crippen molar-refractivity contribution in [3.05, 3.63) is 58.6 Å². The molecule has 1 aliphatic rings. The molecule has 0 bridgehead atoms. The molecule has 4 rings (SSSR count). The second kappa shape index (κ2) is 7.87. The summed E-state index contributed by atoms with van der Waals surface area (Å²) in [7, 11) is 0. The molecule has 0 saturated carbocycles. The van der Waals surface area contributed by atoms with Gasteiger partial charge in [-0.2, -0.15) is 0 Å². The van der Waals surface area contributed by atoms with E-state index >= 15 is 0 Å². The number of hydrogen-bond donors (Lipinski definition) is 0. The molecule has 0 N–H and O–H groups in total. The number of amides is 1. The molecule has 0 spiro atoms. The lowest BCUT2D eigenvalue weighted by molar-refractivity contribution is -0.139. The van der Waals surface area contributed by atoms with E-state index in [-0.39, 0.29) is 5.91 Å². The van der Waals surface area contributed by atoms with Crippen molar-refractivity contribution >= 4 is 39.1 Å². The molecule has 0 unspecified atom stereocenters. The second-order valence-corrected chi connectivity index (χ2v) is 8.28. The molecule has 4 nitrogen and oxygen atoms in total. The highest BCUT2D eigenvalue weighted by molar-refractivity contribution is 7.18. The number of ether oxygens (including phenoxy) is 1. The summed E-state index contributed by atoms with van der Waals surface area (Å²) in [5.41, 5.74) is 1.07. The Bertz CT molecular complexity index is 917. The average molecular weight is 401 g/mol. The molecule has 0 radical (unpaired) electrons. The van der Waals surface area contributed by atoms with Crippen LogP contribution in [-0.2, 0) is 4.79 Å². The van der Waals surface area contributed by atoms with Gasteiger partial charge in [0.05, 0.1) is 20.2 Å². The molecular formula is C21H21ClN2O2S. The van der Waals surface area contributed by atoms with Crippen molar-refractivity contribution in [2.45, 2.75) is 31.8 Å². The zero-order valence-corrected chi connectivity index (χ0v) is 16.7. The number of fused-ring (bicyclic) bond motifs is 1. The quantitative estimate of drug-likeness (QED) is 0.610. The standard InChI is InChI=1S/C21H21ClN2O2S/c1-14(26-18-8-4-2-6-16(18)22)21(25)24-12-10-15(11-13-24)20-23-17-7-3-5-9-19(17)27-20/h2-9,14-15H,10-13H2,1H3/t14-/m0/s1. The molecular weight excluding hydrogens is 380 g/mol. The number of piperidine rings is 1. The molecule has 1 fully saturated rings. The smallest absolute Gasteiger partial charge is 0.263 e. The van der Waals surface area contributed by atoms with Crippen LogP contribution in [-0.4, -0.2) is 35.0 Å². The zero-order chi connectivity index (χ0) is 18.8. The van der Waals surface area contributed by atoms with Crippen LogP contribution >= 0.6 is 22.9 Å². The van der Waals surface area contributed by atoms with Crippen LogP contribution < -0.4 is 4.74 Å². The van der Waals surface area contributed by atoms with Crippen molar-refractivity contribution < 1.29 is 9.53 Å². The first-order valence-corrected chi connectivity index (χ1v) is 10.4. The maximum atomic E-state index is 12.7. The number of para-hydroxylation sites is 2. The molecule has 1 aromatic heterocycles. The number of thiazole rings is 1. The van der Waals surface area contributed by atoms with Gasteiger partial charge in [0.15, 0.2) is 6.10 Å². The lowest BCUT2D eigenvalue weighted by Gasteiger charge is -2.32. The van der Waals surface area contributed by atoms with Gasteiger partial charge in [-0.3, -0.25) is 4.79 Å². The summed E-state index contributed by atoms with van der Waals surface area (Å²) in [6.45, 7) is 3.25. The molecule has 1 amide bonds. The third-order valence-corrected chi connectivity index (χ3v) is 6.47. The van der Waals surface area contributed by atoms with Crippen molar-refractivity contribution in [1.29, 1.82) is 0 Å². The Hall–Kier alpha value is -2.11. The number of benzene rings is 2. The van der Waals surface area contributed by atoms with Crippen LogP contribution in [0.15, 0.2) is 48.5 Å². The summed E-state index contributed by atoms with van der Waals surface area (Å²) < 4.78 is 7.01. The van der Waals surface area contributed by atoms with E-state index in [4.69, 9.17) is 21.3 Å². The lowest BCUT2D eigenvalue weighted by atomic mass is 9.97. The SMILES string of the molecule is C[C@H](Oc1ccccc1Cl)C(=O)N1CCC(c2nc3ccccc3s2)CC1. The van der Waals surface area contributed by atoms with Gasteiger partial charge >= 0.3 is 0 Å². The van der Waals surface area contributed by atoms with Crippen LogP contribution in [0.1, 0.15) is 30.7 Å². The lowest BCUT2D eigenvalue weighted by Crippen LogP contribution is -2.44. The fourth-order valence-electron chi connectivity index (χ4n) is 3.45. The Balaban J connectivity index is 1.36. The first kappa shape index (κ1) is 18.3. The van der Waals surface area contributed by atoms with Crippen LogP contribution in [0, 0.1) is 0 Å². The van der Waals surface area contributed by atoms with E-state index in [9.17, 15) is 4.79 Å². The van der Waals surface area contributed by atoms with Crippen LogP contribution in [0.25, 0.3) is 10.2 Å². The topological polar surface area (TPSA) is 42.4 Å². The predicted molar refractivity (Wildman–Crippen MR) is 110 cm³/mol. The normalized spacial score (nSPS) is 16.4. The highest BCUT2D eigenvalue weighted by Crippen LogP contribution is 2.34. The van der Waals surface area contributed by atoms with Gasteiger partial charge < -0.3 is 9.64 Å². The third kappa shape index (κ3) is 3.94. The van der Waals surface area contributed by atoms with E-state index in [2.05, 4.69) is 12.1 Å². The Morgan fingerprint density at radius 3 is 2.63 bits per heavy atom. The fourth-order valence-corrected chi connectivity index (χ4v) is 4.77. The van der Waals surface area contributed by atoms with E-state index in [1.165, 1.54) is 9.71 Å². The number of carbonyl (C=O) groups excluding carboxylic acids is 1. The van der Waals surface area contributed by atoms with Crippen molar-refractivity contribution in [3.8, 4) is 5.75 Å². The molecule has 27 heavy (non-hydrogen) atoms. The van der Waals surface area contributed by atoms with Crippen molar-refractivity contribution in [2.24, 2.45) is 0 Å². The van der Waals surface area contributed by atoms with Crippen molar-refractivity contribution in [1.82, 2.24) is 9.88 Å². The largest absolute Gasteiger partial charge is 0.479 e. The van der Waals surface area contributed by atoms with Gasteiger partial charge in [-0.25, -0.2) is 4.98 Å². The Kier molecular flexibility index (Phi) is 5.32. The zero-order valence-electron chi connectivity index (χ0n) is 15.1. The molecule has 1 atom stereocenters. The van der Waals surface area contributed by atoms with Gasteiger partial charge in [0.25, 0.3) is 5.91 Å². The molecule has 2 aromatic carbocycles. The number of hydrogen-bond acceptors (Lipinski definition) is 4. The molecule has 0 aliphatic carbocycles. The highest BCUT2D eigenvalue weighted by Gasteiger charge is 2.29. The average Bonchev–Trinajstić information content (AvgIpc) is 3.13. The van der Waals surface area contributed by atoms with Gasteiger partial charge in [-0.15, -0.1) is 11.3 Å². The van der Waals surface area contributed by atoms with E-state index < -0.39 is 6.10 Å². The number of carbonyl (C=O) groups is 1. The predicted octanol–water partition coefficient (Wildman–Crippen LogP) is 5.12. The first-order valence-electron chi connectivity index (χ1n) is 9.17. The molecule has 1 aliphatic heterocycles. The molecule has 1 saturated heterocycles. The Labute approximate surface area is 167 Å². The second-order valence-electron chi connectivity index (χ2n) is 6.81. The van der Waals surface area contributed by atoms with E-state index in [1.54, 1.807) is 30.4 Å². The first-order chi connectivity index (χ1) is 13.1. The molecule has 6 heteroatoms. The van der Waals surface area contributed by atoms with Gasteiger partial charge in [0.2, 0.25) is 0 Å². The Morgan fingerprint density at radius 1 is 1.19 bits per heavy atom. The van der Waals surface area contributed by atoms with Gasteiger partial charge in [-0.1, -0.05) is 35.9 Å². The van der Waals surface area contributed by atoms with Crippen LogP contribution in [0.2, 0.25) is 5.02 Å². The molecule has 2 heterocycles. The summed E-state index contributed by atoms with van der Waals surface area (Å²) in [5, 5.41) is 1.70. The minimum atomic E-state index is -0.552. The van der Waals surface area contributed by atoms with Crippen molar-refractivity contribution in [3.63, 3.8) is 0 Å². The van der Waals surface area contributed by atoms with E-state index in [0.717, 1.165) is 31.4 Å². The summed E-state index contributed by atoms with van der Waals surface area (Å²) >= 11 is 7.89.